The first-order valence-corrected chi connectivity index (χ1v) is 7.16. The molecule has 110 valence electrons. The Hall–Kier alpha value is -2.21. The van der Waals surface area contributed by atoms with E-state index in [4.69, 9.17) is 5.11 Å². The van der Waals surface area contributed by atoms with E-state index in [2.05, 4.69) is 20.1 Å². The number of nitrogens with one attached hydrogen (secondary N) is 1. The van der Waals surface area contributed by atoms with Crippen LogP contribution >= 0.6 is 0 Å². The second kappa shape index (κ2) is 6.05. The molecule has 1 aliphatic heterocycles. The van der Waals surface area contributed by atoms with E-state index in [9.17, 15) is 4.79 Å². The Bertz CT molecular complexity index is 611. The summed E-state index contributed by atoms with van der Waals surface area (Å²) in [5.41, 5.74) is 1.96. The van der Waals surface area contributed by atoms with Gasteiger partial charge in [0, 0.05) is 18.3 Å². The molecule has 0 radical (unpaired) electrons. The van der Waals surface area contributed by atoms with Crippen molar-refractivity contribution in [3.8, 4) is 0 Å². The Morgan fingerprint density at radius 2 is 2.33 bits per heavy atom. The van der Waals surface area contributed by atoms with Crippen LogP contribution in [0.1, 0.15) is 47.1 Å². The monoisotopic (exact) mass is 286 g/mol. The highest BCUT2D eigenvalue weighted by Crippen LogP contribution is 2.31. The maximum absolute atomic E-state index is 11.2. The summed E-state index contributed by atoms with van der Waals surface area (Å²) in [5, 5.41) is 15.6. The van der Waals surface area contributed by atoms with Gasteiger partial charge >= 0.3 is 5.97 Å². The number of H-pyrrole nitrogens is 1. The number of piperidine rings is 1. The van der Waals surface area contributed by atoms with E-state index in [0.29, 0.717) is 6.54 Å². The van der Waals surface area contributed by atoms with Crippen molar-refractivity contribution in [3.05, 3.63) is 47.5 Å². The zero-order valence-electron chi connectivity index (χ0n) is 11.7. The predicted octanol–water partition coefficient (Wildman–Crippen LogP) is 2.23. The molecule has 3 heterocycles. The van der Waals surface area contributed by atoms with Crippen molar-refractivity contribution in [2.75, 3.05) is 6.54 Å². The van der Waals surface area contributed by atoms with Crippen molar-refractivity contribution in [1.29, 1.82) is 0 Å². The van der Waals surface area contributed by atoms with Crippen LogP contribution in [-0.2, 0) is 6.54 Å². The number of nitrogens with zero attached hydrogens (tertiary/aromatic N) is 3. The smallest absolute Gasteiger partial charge is 0.354 e. The highest BCUT2D eigenvalue weighted by molar-refractivity contribution is 5.86. The van der Waals surface area contributed by atoms with E-state index in [1.165, 1.54) is 6.42 Å². The summed E-state index contributed by atoms with van der Waals surface area (Å²) in [7, 11) is 0. The maximum Gasteiger partial charge on any atom is 0.354 e. The zero-order chi connectivity index (χ0) is 14.7. The lowest BCUT2D eigenvalue weighted by molar-refractivity contribution is 0.0685. The lowest BCUT2D eigenvalue weighted by Gasteiger charge is -2.35. The minimum Gasteiger partial charge on any atom is -0.477 e. The minimum absolute atomic E-state index is 0.181. The van der Waals surface area contributed by atoms with Crippen LogP contribution in [0.5, 0.6) is 0 Å². The minimum atomic E-state index is -0.964. The number of aromatic nitrogens is 3. The summed E-state index contributed by atoms with van der Waals surface area (Å²) in [6.07, 6.45) is 6.77. The number of aromatic amines is 1. The van der Waals surface area contributed by atoms with Gasteiger partial charge < -0.3 is 5.11 Å². The molecule has 6 heteroatoms. The van der Waals surface area contributed by atoms with Gasteiger partial charge in [0.1, 0.15) is 5.69 Å². The lowest BCUT2D eigenvalue weighted by Crippen LogP contribution is -2.33. The SMILES string of the molecule is O=C(O)c1[nH]ncc1CN1CCCCC1c1ccccn1. The number of hydrogen-bond donors (Lipinski definition) is 2. The number of likely N-dealkylation sites (tertiary alicyclic amines) is 1. The van der Waals surface area contributed by atoms with Crippen LogP contribution in [0.3, 0.4) is 0 Å². The van der Waals surface area contributed by atoms with Gasteiger partial charge in [-0.05, 0) is 31.5 Å². The van der Waals surface area contributed by atoms with Crippen LogP contribution in [0, 0.1) is 0 Å². The Balaban J connectivity index is 1.82. The van der Waals surface area contributed by atoms with E-state index in [0.717, 1.165) is 30.6 Å². The first-order valence-electron chi connectivity index (χ1n) is 7.16. The van der Waals surface area contributed by atoms with E-state index in [1.54, 1.807) is 6.20 Å². The van der Waals surface area contributed by atoms with Gasteiger partial charge in [-0.25, -0.2) is 4.79 Å². The van der Waals surface area contributed by atoms with Gasteiger partial charge in [-0.3, -0.25) is 15.0 Å². The third-order valence-corrected chi connectivity index (χ3v) is 3.95. The van der Waals surface area contributed by atoms with Crippen molar-refractivity contribution >= 4 is 5.97 Å². The standard InChI is InChI=1S/C15H18N4O2/c20-15(21)14-11(9-17-18-14)10-19-8-4-2-6-13(19)12-5-1-3-7-16-12/h1,3,5,7,9,13H,2,4,6,8,10H2,(H,17,18)(H,20,21). The van der Waals surface area contributed by atoms with Gasteiger partial charge in [-0.15, -0.1) is 0 Å². The molecule has 1 fully saturated rings. The van der Waals surface area contributed by atoms with E-state index in [1.807, 2.05) is 24.4 Å². The molecule has 0 spiro atoms. The summed E-state index contributed by atoms with van der Waals surface area (Å²) < 4.78 is 0. The summed E-state index contributed by atoms with van der Waals surface area (Å²) in [5.74, 6) is -0.964. The zero-order valence-corrected chi connectivity index (χ0v) is 11.7. The Kier molecular flexibility index (Phi) is 3.96. The maximum atomic E-state index is 11.2. The Morgan fingerprint density at radius 1 is 1.43 bits per heavy atom. The Labute approximate surface area is 122 Å². The van der Waals surface area contributed by atoms with E-state index < -0.39 is 5.97 Å². The number of hydrogen-bond acceptors (Lipinski definition) is 4. The fourth-order valence-corrected chi connectivity index (χ4v) is 2.92. The van der Waals surface area contributed by atoms with Gasteiger partial charge in [0.15, 0.2) is 0 Å². The van der Waals surface area contributed by atoms with Crippen molar-refractivity contribution in [2.24, 2.45) is 0 Å². The normalized spacial score (nSPS) is 19.5. The number of aromatic carboxylic acids is 1. The molecule has 21 heavy (non-hydrogen) atoms. The van der Waals surface area contributed by atoms with Gasteiger partial charge in [-0.2, -0.15) is 5.10 Å². The lowest BCUT2D eigenvalue weighted by atomic mass is 9.98. The molecule has 0 aliphatic carbocycles. The summed E-state index contributed by atoms with van der Waals surface area (Å²) in [6, 6.07) is 6.19. The topological polar surface area (TPSA) is 82.1 Å². The number of rotatable bonds is 4. The van der Waals surface area contributed by atoms with Crippen molar-refractivity contribution in [1.82, 2.24) is 20.1 Å². The quantitative estimate of drug-likeness (QED) is 0.900. The second-order valence-electron chi connectivity index (χ2n) is 5.31. The van der Waals surface area contributed by atoms with Crippen molar-refractivity contribution in [3.63, 3.8) is 0 Å². The fourth-order valence-electron chi connectivity index (χ4n) is 2.92. The van der Waals surface area contributed by atoms with Crippen LogP contribution in [0.15, 0.2) is 30.6 Å². The molecule has 2 N–H and O–H groups in total. The summed E-state index contributed by atoms with van der Waals surface area (Å²) in [6.45, 7) is 1.53. The van der Waals surface area contributed by atoms with Crippen LogP contribution in [-0.4, -0.2) is 37.7 Å². The highest BCUT2D eigenvalue weighted by atomic mass is 16.4. The first-order chi connectivity index (χ1) is 10.3. The van der Waals surface area contributed by atoms with Crippen LogP contribution in [0.2, 0.25) is 0 Å². The molecule has 0 amide bonds. The molecule has 1 unspecified atom stereocenters. The fraction of sp³-hybridized carbons (Fsp3) is 0.400. The number of carboxylic acid groups (broad SMARTS) is 1. The molecule has 0 aromatic carbocycles. The van der Waals surface area contributed by atoms with Crippen molar-refractivity contribution < 1.29 is 9.90 Å². The summed E-state index contributed by atoms with van der Waals surface area (Å²) in [4.78, 5) is 17.9. The average Bonchev–Trinajstić information content (AvgIpc) is 2.97. The average molecular weight is 286 g/mol. The van der Waals surface area contributed by atoms with Crippen molar-refractivity contribution in [2.45, 2.75) is 31.8 Å². The first kappa shape index (κ1) is 13.8. The molecular weight excluding hydrogens is 268 g/mol. The van der Waals surface area contributed by atoms with Gasteiger partial charge in [0.05, 0.1) is 17.9 Å². The highest BCUT2D eigenvalue weighted by Gasteiger charge is 2.26. The third-order valence-electron chi connectivity index (χ3n) is 3.95. The van der Waals surface area contributed by atoms with Gasteiger partial charge in [-0.1, -0.05) is 12.5 Å². The van der Waals surface area contributed by atoms with E-state index in [-0.39, 0.29) is 11.7 Å². The molecule has 6 nitrogen and oxygen atoms in total. The van der Waals surface area contributed by atoms with Gasteiger partial charge in [0.25, 0.3) is 0 Å². The van der Waals surface area contributed by atoms with E-state index >= 15 is 0 Å². The Morgan fingerprint density at radius 3 is 3.10 bits per heavy atom. The molecule has 1 aliphatic rings. The molecule has 1 atom stereocenters. The number of carbonyl (C=O) groups is 1. The number of pyridine rings is 1. The number of carboxylic acids is 1. The molecular formula is C15H18N4O2. The third kappa shape index (κ3) is 2.95. The van der Waals surface area contributed by atoms with Crippen LogP contribution < -0.4 is 0 Å². The predicted molar refractivity (Wildman–Crippen MR) is 76.8 cm³/mol. The molecule has 1 saturated heterocycles. The molecule has 2 aromatic rings. The molecule has 3 rings (SSSR count). The van der Waals surface area contributed by atoms with Crippen LogP contribution in [0.25, 0.3) is 0 Å². The van der Waals surface area contributed by atoms with Gasteiger partial charge in [0.2, 0.25) is 0 Å². The second-order valence-corrected chi connectivity index (χ2v) is 5.31. The molecule has 2 aromatic heterocycles. The van der Waals surface area contributed by atoms with Crippen LogP contribution in [0.4, 0.5) is 0 Å². The summed E-state index contributed by atoms with van der Waals surface area (Å²) >= 11 is 0. The largest absolute Gasteiger partial charge is 0.477 e. The molecule has 0 saturated carbocycles. The molecule has 0 bridgehead atoms.